The molecule has 4 aromatic rings. The summed E-state index contributed by atoms with van der Waals surface area (Å²) in [6.07, 6.45) is 3.22. The van der Waals surface area contributed by atoms with E-state index in [9.17, 15) is 9.59 Å². The summed E-state index contributed by atoms with van der Waals surface area (Å²) in [5, 5.41) is 0.979. The summed E-state index contributed by atoms with van der Waals surface area (Å²) in [5.41, 5.74) is 4.14. The van der Waals surface area contributed by atoms with Crippen molar-refractivity contribution < 1.29 is 19.1 Å². The first-order valence-electron chi connectivity index (χ1n) is 8.73. The number of nitrogens with zero attached hydrogens (tertiary/aromatic N) is 3. The van der Waals surface area contributed by atoms with Gasteiger partial charge in [-0.3, -0.25) is 19.6 Å². The molecule has 0 spiro atoms. The van der Waals surface area contributed by atoms with Gasteiger partial charge in [-0.05, 0) is 36.8 Å². The third kappa shape index (κ3) is 3.79. The number of fused-ring (bicyclic) bond motifs is 1. The van der Waals surface area contributed by atoms with Gasteiger partial charge in [-0.15, -0.1) is 0 Å². The molecule has 0 aliphatic rings. The van der Waals surface area contributed by atoms with E-state index in [-0.39, 0.29) is 0 Å². The Balaban J connectivity index is 1.93. The van der Waals surface area contributed by atoms with Crippen LogP contribution in [0, 0.1) is 6.92 Å². The highest BCUT2D eigenvalue weighted by Gasteiger charge is 2.13. The van der Waals surface area contributed by atoms with Gasteiger partial charge in [0.2, 0.25) is 0 Å². The first-order chi connectivity index (χ1) is 14.2. The minimum Gasteiger partial charge on any atom is -0.429 e. The van der Waals surface area contributed by atoms with Crippen LogP contribution in [0.5, 0.6) is 11.5 Å². The SMILES string of the molecule is Cc1cc(-c2cc(OC=O)cc(-c3cc(OC=O)ccn3)n2)c2ncccc2c1. The molecule has 0 fully saturated rings. The number of pyridine rings is 3. The molecule has 3 aromatic heterocycles. The Morgan fingerprint density at radius 3 is 2.38 bits per heavy atom. The lowest BCUT2D eigenvalue weighted by Crippen LogP contribution is -1.97. The number of carbonyl (C=O) groups excluding carboxylic acids is 2. The molecule has 0 atom stereocenters. The quantitative estimate of drug-likeness (QED) is 0.467. The van der Waals surface area contributed by atoms with Crippen LogP contribution in [0.1, 0.15) is 5.56 Å². The van der Waals surface area contributed by atoms with E-state index in [0.717, 1.165) is 22.0 Å². The number of aryl methyl sites for hydroxylation is 1. The number of benzene rings is 1. The Bertz CT molecular complexity index is 1220. The van der Waals surface area contributed by atoms with Crippen LogP contribution in [0.25, 0.3) is 33.5 Å². The van der Waals surface area contributed by atoms with E-state index < -0.39 is 0 Å². The summed E-state index contributed by atoms with van der Waals surface area (Å²) < 4.78 is 9.98. The van der Waals surface area contributed by atoms with Crippen molar-refractivity contribution in [3.8, 4) is 34.1 Å². The molecule has 0 aliphatic carbocycles. The van der Waals surface area contributed by atoms with Crippen LogP contribution in [0.3, 0.4) is 0 Å². The second kappa shape index (κ2) is 7.85. The van der Waals surface area contributed by atoms with Crippen LogP contribution in [0.2, 0.25) is 0 Å². The number of ether oxygens (including phenoxy) is 2. The highest BCUT2D eigenvalue weighted by molar-refractivity contribution is 5.93. The lowest BCUT2D eigenvalue weighted by Gasteiger charge is -2.11. The molecule has 29 heavy (non-hydrogen) atoms. The molecule has 3 heterocycles. The zero-order valence-corrected chi connectivity index (χ0v) is 15.4. The molecule has 0 saturated carbocycles. The van der Waals surface area contributed by atoms with Crippen LogP contribution in [0.4, 0.5) is 0 Å². The van der Waals surface area contributed by atoms with Gasteiger partial charge in [-0.2, -0.15) is 0 Å². The Hall–Kier alpha value is -4.13. The fraction of sp³-hybridized carbons (Fsp3) is 0.0455. The van der Waals surface area contributed by atoms with Gasteiger partial charge in [0.15, 0.2) is 0 Å². The molecule has 0 aliphatic heterocycles. The minimum absolute atomic E-state index is 0.314. The summed E-state index contributed by atoms with van der Waals surface area (Å²) >= 11 is 0. The molecule has 0 radical (unpaired) electrons. The van der Waals surface area contributed by atoms with Crippen LogP contribution in [-0.4, -0.2) is 27.9 Å². The van der Waals surface area contributed by atoms with Gasteiger partial charge >= 0.3 is 0 Å². The van der Waals surface area contributed by atoms with Crippen molar-refractivity contribution in [2.45, 2.75) is 6.92 Å². The van der Waals surface area contributed by atoms with Crippen molar-refractivity contribution in [2.24, 2.45) is 0 Å². The number of rotatable bonds is 6. The second-order valence-corrected chi connectivity index (χ2v) is 6.27. The molecular weight excluding hydrogens is 370 g/mol. The lowest BCUT2D eigenvalue weighted by molar-refractivity contribution is -0.121. The Morgan fingerprint density at radius 2 is 1.55 bits per heavy atom. The van der Waals surface area contributed by atoms with Gasteiger partial charge in [-0.1, -0.05) is 6.07 Å². The molecule has 0 bridgehead atoms. The molecule has 0 saturated heterocycles. The standard InChI is InChI=1S/C22H15N3O4/c1-14-7-15-3-2-5-24-22(15)18(8-14)19-10-17(29-13-27)11-21(25-19)20-9-16(28-12-26)4-6-23-20/h2-13H,1H3. The number of aromatic nitrogens is 3. The van der Waals surface area contributed by atoms with E-state index in [1.807, 2.05) is 31.2 Å². The highest BCUT2D eigenvalue weighted by Crippen LogP contribution is 2.32. The molecule has 7 nitrogen and oxygen atoms in total. The predicted molar refractivity (Wildman–Crippen MR) is 106 cm³/mol. The van der Waals surface area contributed by atoms with Crippen molar-refractivity contribution in [1.82, 2.24) is 15.0 Å². The molecule has 7 heteroatoms. The highest BCUT2D eigenvalue weighted by atomic mass is 16.5. The Kier molecular flexibility index (Phi) is 4.94. The fourth-order valence-electron chi connectivity index (χ4n) is 3.12. The molecule has 0 unspecified atom stereocenters. The first-order valence-corrected chi connectivity index (χ1v) is 8.73. The van der Waals surface area contributed by atoms with Crippen LogP contribution < -0.4 is 9.47 Å². The maximum Gasteiger partial charge on any atom is 0.298 e. The second-order valence-electron chi connectivity index (χ2n) is 6.27. The number of hydrogen-bond acceptors (Lipinski definition) is 7. The van der Waals surface area contributed by atoms with Gasteiger partial charge in [0.1, 0.15) is 11.5 Å². The maximum absolute atomic E-state index is 10.9. The van der Waals surface area contributed by atoms with Gasteiger partial charge in [0.05, 0.1) is 22.6 Å². The van der Waals surface area contributed by atoms with Crippen molar-refractivity contribution in [3.05, 3.63) is 66.5 Å². The van der Waals surface area contributed by atoms with E-state index in [0.29, 0.717) is 41.5 Å². The predicted octanol–water partition coefficient (Wildman–Crippen LogP) is 3.74. The normalized spacial score (nSPS) is 10.5. The average molecular weight is 385 g/mol. The third-order valence-corrected chi connectivity index (χ3v) is 4.29. The maximum atomic E-state index is 10.9. The zero-order chi connectivity index (χ0) is 20.2. The van der Waals surface area contributed by atoms with E-state index in [4.69, 9.17) is 14.5 Å². The summed E-state index contributed by atoms with van der Waals surface area (Å²) in [6.45, 7) is 2.69. The van der Waals surface area contributed by atoms with E-state index in [1.165, 1.54) is 6.20 Å². The Morgan fingerprint density at radius 1 is 0.793 bits per heavy atom. The van der Waals surface area contributed by atoms with E-state index in [2.05, 4.69) is 9.97 Å². The molecule has 142 valence electrons. The van der Waals surface area contributed by atoms with Crippen molar-refractivity contribution in [2.75, 3.05) is 0 Å². The summed E-state index contributed by atoms with van der Waals surface area (Å²) in [5.74, 6) is 0.645. The van der Waals surface area contributed by atoms with Crippen molar-refractivity contribution >= 4 is 23.8 Å². The first kappa shape index (κ1) is 18.2. The van der Waals surface area contributed by atoms with Crippen LogP contribution >= 0.6 is 0 Å². The van der Waals surface area contributed by atoms with Gasteiger partial charge in [-0.25, -0.2) is 4.98 Å². The average Bonchev–Trinajstić information content (AvgIpc) is 2.73. The topological polar surface area (TPSA) is 91.3 Å². The number of hydrogen-bond donors (Lipinski definition) is 0. The van der Waals surface area contributed by atoms with Crippen molar-refractivity contribution in [3.63, 3.8) is 0 Å². The molecular formula is C22H15N3O4. The van der Waals surface area contributed by atoms with Gasteiger partial charge in [0, 0.05) is 41.5 Å². The molecule has 0 N–H and O–H groups in total. The Labute approximate surface area is 166 Å². The largest absolute Gasteiger partial charge is 0.429 e. The van der Waals surface area contributed by atoms with Gasteiger partial charge < -0.3 is 9.47 Å². The fourth-order valence-corrected chi connectivity index (χ4v) is 3.12. The summed E-state index contributed by atoms with van der Waals surface area (Å²) in [6, 6.07) is 14.3. The number of carbonyl (C=O) groups is 2. The third-order valence-electron chi connectivity index (χ3n) is 4.29. The van der Waals surface area contributed by atoms with Crippen molar-refractivity contribution in [1.29, 1.82) is 0 Å². The smallest absolute Gasteiger partial charge is 0.298 e. The van der Waals surface area contributed by atoms with Gasteiger partial charge in [0.25, 0.3) is 12.9 Å². The lowest BCUT2D eigenvalue weighted by atomic mass is 10.0. The van der Waals surface area contributed by atoms with E-state index >= 15 is 0 Å². The summed E-state index contributed by atoms with van der Waals surface area (Å²) in [7, 11) is 0. The molecule has 4 rings (SSSR count). The van der Waals surface area contributed by atoms with E-state index in [1.54, 1.807) is 30.5 Å². The molecule has 1 aromatic carbocycles. The minimum atomic E-state index is 0.314. The monoisotopic (exact) mass is 385 g/mol. The van der Waals surface area contributed by atoms with Crippen LogP contribution in [-0.2, 0) is 9.59 Å². The van der Waals surface area contributed by atoms with Crippen LogP contribution in [0.15, 0.2) is 60.9 Å². The zero-order valence-electron chi connectivity index (χ0n) is 15.4. The summed E-state index contributed by atoms with van der Waals surface area (Å²) in [4.78, 5) is 35.1. The molecule has 0 amide bonds.